The lowest BCUT2D eigenvalue weighted by molar-refractivity contribution is 0.0520. The zero-order chi connectivity index (χ0) is 26.0. The molecule has 3 aromatic rings. The van der Waals surface area contributed by atoms with E-state index in [1.54, 1.807) is 6.92 Å². The van der Waals surface area contributed by atoms with Gasteiger partial charge in [-0.1, -0.05) is 30.3 Å². The molecule has 1 aliphatic rings. The van der Waals surface area contributed by atoms with Crippen molar-refractivity contribution in [2.24, 2.45) is 5.73 Å². The number of esters is 1. The number of carbonyl (C=O) groups is 5. The number of fused-ring (bicyclic) bond motifs is 1. The van der Waals surface area contributed by atoms with Crippen molar-refractivity contribution in [3.05, 3.63) is 87.7 Å². The number of nitrogens with zero attached hydrogens (tertiary/aromatic N) is 1. The third kappa shape index (κ3) is 4.48. The summed E-state index contributed by atoms with van der Waals surface area (Å²) in [5, 5.41) is 2.42. The van der Waals surface area contributed by atoms with Crippen molar-refractivity contribution in [3.8, 4) is 0 Å². The van der Waals surface area contributed by atoms with Gasteiger partial charge in [0.2, 0.25) is 5.88 Å². The van der Waals surface area contributed by atoms with Crippen LogP contribution >= 0.6 is 0 Å². The van der Waals surface area contributed by atoms with Gasteiger partial charge in [0.15, 0.2) is 0 Å². The number of imide groups is 1. The Balaban J connectivity index is 1.56. The molecule has 4 amide bonds. The van der Waals surface area contributed by atoms with E-state index in [-0.39, 0.29) is 52.6 Å². The van der Waals surface area contributed by atoms with Crippen molar-refractivity contribution in [1.29, 1.82) is 0 Å². The Hall–Kier alpha value is -4.73. The normalized spacial score (nSPS) is 12.4. The number of aryl methyl sites for hydroxylation is 1. The summed E-state index contributed by atoms with van der Waals surface area (Å²) in [5.41, 5.74) is 6.24. The topological polar surface area (TPSA) is 149 Å². The van der Waals surface area contributed by atoms with Crippen LogP contribution in [0, 0.1) is 6.92 Å². The van der Waals surface area contributed by atoms with E-state index >= 15 is 0 Å². The van der Waals surface area contributed by atoms with Gasteiger partial charge in [0, 0.05) is 12.1 Å². The Morgan fingerprint density at radius 1 is 1.00 bits per heavy atom. The van der Waals surface area contributed by atoms with E-state index in [0.29, 0.717) is 6.42 Å². The molecule has 0 radical (unpaired) electrons. The van der Waals surface area contributed by atoms with Crippen LogP contribution in [-0.4, -0.2) is 47.6 Å². The van der Waals surface area contributed by atoms with Crippen LogP contribution in [0.5, 0.6) is 0 Å². The number of carbonyl (C=O) groups excluding carboxylic acids is 5. The molecule has 0 atom stereocenters. The fourth-order valence-corrected chi connectivity index (χ4v) is 4.01. The van der Waals surface area contributed by atoms with Gasteiger partial charge >= 0.3 is 5.97 Å². The summed E-state index contributed by atoms with van der Waals surface area (Å²) >= 11 is 0. The quantitative estimate of drug-likeness (QED) is 0.365. The summed E-state index contributed by atoms with van der Waals surface area (Å²) in [6, 6.07) is 13.5. The molecule has 0 unspecified atom stereocenters. The van der Waals surface area contributed by atoms with E-state index in [9.17, 15) is 24.0 Å². The second-order valence-electron chi connectivity index (χ2n) is 8.03. The van der Waals surface area contributed by atoms with E-state index < -0.39 is 29.6 Å². The second kappa shape index (κ2) is 9.87. The molecule has 184 valence electrons. The molecular weight excluding hydrogens is 466 g/mol. The highest BCUT2D eigenvalue weighted by molar-refractivity contribution is 6.22. The average Bonchev–Trinajstić information content (AvgIpc) is 3.31. The highest BCUT2D eigenvalue weighted by atomic mass is 16.5. The number of furan rings is 1. The fourth-order valence-electron chi connectivity index (χ4n) is 4.01. The number of primary amides is 1. The third-order valence-corrected chi connectivity index (χ3v) is 5.74. The van der Waals surface area contributed by atoms with Crippen LogP contribution in [-0.2, 0) is 11.2 Å². The Morgan fingerprint density at radius 2 is 1.69 bits per heavy atom. The van der Waals surface area contributed by atoms with Gasteiger partial charge in [0.1, 0.15) is 16.9 Å². The number of nitrogens with two attached hydrogens (primary N) is 1. The molecule has 0 bridgehead atoms. The number of hydrogen-bond donors (Lipinski definition) is 2. The zero-order valence-electron chi connectivity index (χ0n) is 19.6. The van der Waals surface area contributed by atoms with Crippen molar-refractivity contribution < 1.29 is 33.1 Å². The maximum atomic E-state index is 12.9. The van der Waals surface area contributed by atoms with Gasteiger partial charge in [-0.3, -0.25) is 29.4 Å². The highest BCUT2D eigenvalue weighted by Crippen LogP contribution is 2.29. The molecule has 4 rings (SSSR count). The SMILES string of the molecule is CCOC(=O)c1c(C)oc(NC(=O)c2ccc3c(c2)C(=O)N(CCc2ccccc2)C3=O)c1C(N)=O. The third-order valence-electron chi connectivity index (χ3n) is 5.74. The Labute approximate surface area is 206 Å². The number of ether oxygens (including phenoxy) is 1. The summed E-state index contributed by atoms with van der Waals surface area (Å²) in [6.45, 7) is 3.29. The average molecular weight is 489 g/mol. The minimum Gasteiger partial charge on any atom is -0.462 e. The monoisotopic (exact) mass is 489 g/mol. The van der Waals surface area contributed by atoms with Gasteiger partial charge in [-0.25, -0.2) is 4.79 Å². The van der Waals surface area contributed by atoms with Crippen LogP contribution in [0.3, 0.4) is 0 Å². The Morgan fingerprint density at radius 3 is 2.36 bits per heavy atom. The van der Waals surface area contributed by atoms with Gasteiger partial charge in [-0.05, 0) is 44.0 Å². The molecule has 10 nitrogen and oxygen atoms in total. The summed E-state index contributed by atoms with van der Waals surface area (Å²) in [7, 11) is 0. The predicted octanol–water partition coefficient (Wildman–Crippen LogP) is 2.95. The molecule has 1 aromatic heterocycles. The van der Waals surface area contributed by atoms with Gasteiger partial charge in [0.25, 0.3) is 23.6 Å². The van der Waals surface area contributed by atoms with Crippen molar-refractivity contribution in [2.75, 3.05) is 18.5 Å². The summed E-state index contributed by atoms with van der Waals surface area (Å²) in [5.74, 6) is -3.75. The number of nitrogens with one attached hydrogen (secondary N) is 1. The standard InChI is InChI=1S/C26H23N3O7/c1-3-35-26(34)19-14(2)36-23(20(19)21(27)30)28-22(31)16-9-10-17-18(13-16)25(33)29(24(17)32)12-11-15-7-5-4-6-8-15/h4-10,13H,3,11-12H2,1-2H3,(H2,27,30)(H,28,31). The first-order valence-electron chi connectivity index (χ1n) is 11.2. The molecule has 1 aliphatic heterocycles. The zero-order valence-corrected chi connectivity index (χ0v) is 19.6. The maximum Gasteiger partial charge on any atom is 0.342 e. The Kier molecular flexibility index (Phi) is 6.69. The first kappa shape index (κ1) is 24.4. The molecule has 0 spiro atoms. The van der Waals surface area contributed by atoms with Gasteiger partial charge in [0.05, 0.1) is 17.7 Å². The molecule has 2 aromatic carbocycles. The number of anilines is 1. The molecule has 0 fully saturated rings. The van der Waals surface area contributed by atoms with E-state index in [1.165, 1.54) is 25.1 Å². The molecule has 10 heteroatoms. The van der Waals surface area contributed by atoms with Gasteiger partial charge < -0.3 is 14.9 Å². The summed E-state index contributed by atoms with van der Waals surface area (Å²) in [4.78, 5) is 64.1. The van der Waals surface area contributed by atoms with E-state index in [1.807, 2.05) is 30.3 Å². The van der Waals surface area contributed by atoms with E-state index in [0.717, 1.165) is 10.5 Å². The van der Waals surface area contributed by atoms with Crippen LogP contribution in [0.15, 0.2) is 52.9 Å². The van der Waals surface area contributed by atoms with Crippen molar-refractivity contribution in [1.82, 2.24) is 4.90 Å². The second-order valence-corrected chi connectivity index (χ2v) is 8.03. The number of benzene rings is 2. The summed E-state index contributed by atoms with van der Waals surface area (Å²) in [6.07, 6.45) is 0.496. The summed E-state index contributed by atoms with van der Waals surface area (Å²) < 4.78 is 10.4. The molecule has 0 aliphatic carbocycles. The van der Waals surface area contributed by atoms with Gasteiger partial charge in [-0.2, -0.15) is 0 Å². The first-order valence-corrected chi connectivity index (χ1v) is 11.2. The van der Waals surface area contributed by atoms with Crippen molar-refractivity contribution >= 4 is 35.5 Å². The lowest BCUT2D eigenvalue weighted by Gasteiger charge is -2.13. The molecule has 3 N–H and O–H groups in total. The van der Waals surface area contributed by atoms with Crippen LogP contribution in [0.1, 0.15) is 70.0 Å². The predicted molar refractivity (Wildman–Crippen MR) is 128 cm³/mol. The van der Waals surface area contributed by atoms with Crippen molar-refractivity contribution in [2.45, 2.75) is 20.3 Å². The van der Waals surface area contributed by atoms with Gasteiger partial charge in [-0.15, -0.1) is 0 Å². The smallest absolute Gasteiger partial charge is 0.342 e. The first-order chi connectivity index (χ1) is 17.2. The molecular formula is C26H23N3O7. The highest BCUT2D eigenvalue weighted by Gasteiger charge is 2.36. The minimum atomic E-state index is -0.992. The lowest BCUT2D eigenvalue weighted by atomic mass is 10.1. The van der Waals surface area contributed by atoms with Crippen molar-refractivity contribution in [3.63, 3.8) is 0 Å². The Bertz CT molecular complexity index is 1390. The number of hydrogen-bond acceptors (Lipinski definition) is 7. The van der Waals surface area contributed by atoms with Crippen LogP contribution in [0.2, 0.25) is 0 Å². The molecule has 0 saturated heterocycles. The number of amides is 4. The van der Waals surface area contributed by atoms with E-state index in [2.05, 4.69) is 5.32 Å². The largest absolute Gasteiger partial charge is 0.462 e. The molecule has 0 saturated carbocycles. The molecule has 36 heavy (non-hydrogen) atoms. The van der Waals surface area contributed by atoms with Crippen LogP contribution in [0.25, 0.3) is 0 Å². The number of rotatable bonds is 8. The maximum absolute atomic E-state index is 12.9. The fraction of sp³-hybridized carbons (Fsp3) is 0.192. The lowest BCUT2D eigenvalue weighted by Crippen LogP contribution is -2.31. The van der Waals surface area contributed by atoms with Crippen LogP contribution < -0.4 is 11.1 Å². The minimum absolute atomic E-state index is 0.0429. The van der Waals surface area contributed by atoms with E-state index in [4.69, 9.17) is 14.9 Å². The molecule has 2 heterocycles. The van der Waals surface area contributed by atoms with Crippen LogP contribution in [0.4, 0.5) is 5.88 Å².